The summed E-state index contributed by atoms with van der Waals surface area (Å²) in [4.78, 5) is 15.6. The van der Waals surface area contributed by atoms with Crippen molar-refractivity contribution in [1.29, 1.82) is 0 Å². The molecule has 0 spiro atoms. The number of hydrogen-bond donors (Lipinski definition) is 0. The average Bonchev–Trinajstić information content (AvgIpc) is 2.20. The highest BCUT2D eigenvalue weighted by Crippen LogP contribution is 2.22. The molecule has 0 N–H and O–H groups in total. The molecule has 2 rings (SSSR count). The summed E-state index contributed by atoms with van der Waals surface area (Å²) in [5.41, 5.74) is 1.44. The molecule has 0 fully saturated rings. The van der Waals surface area contributed by atoms with Gasteiger partial charge in [-0.25, -0.2) is 19.9 Å². The van der Waals surface area contributed by atoms with E-state index in [1.807, 2.05) is 0 Å². The lowest BCUT2D eigenvalue weighted by molar-refractivity contribution is 1.13. The van der Waals surface area contributed by atoms with Crippen LogP contribution in [0.25, 0.3) is 11.3 Å². The van der Waals surface area contributed by atoms with Gasteiger partial charge in [-0.2, -0.15) is 0 Å². The third-order valence-corrected chi connectivity index (χ3v) is 1.78. The Bertz CT molecular complexity index is 404. The molecular weight excluding hydrogens is 188 g/mol. The Kier molecular flexibility index (Phi) is 2.14. The zero-order valence-electron chi connectivity index (χ0n) is 6.55. The fraction of sp³-hybridized carbons (Fsp3) is 0. The maximum atomic E-state index is 5.88. The molecule has 2 aromatic heterocycles. The summed E-state index contributed by atoms with van der Waals surface area (Å²) in [5, 5.41) is 0.498. The smallest absolute Gasteiger partial charge is 0.116 e. The first-order valence-corrected chi connectivity index (χ1v) is 3.96. The first-order valence-electron chi connectivity index (χ1n) is 3.59. The summed E-state index contributed by atoms with van der Waals surface area (Å²) < 4.78 is 0. The average molecular weight is 193 g/mol. The van der Waals surface area contributed by atoms with Gasteiger partial charge in [0, 0.05) is 24.2 Å². The maximum Gasteiger partial charge on any atom is 0.116 e. The van der Waals surface area contributed by atoms with Gasteiger partial charge < -0.3 is 0 Å². The molecule has 0 unspecified atom stereocenters. The molecule has 0 bridgehead atoms. The quantitative estimate of drug-likeness (QED) is 0.689. The summed E-state index contributed by atoms with van der Waals surface area (Å²) in [6.45, 7) is 0. The monoisotopic (exact) mass is 192 g/mol. The topological polar surface area (TPSA) is 51.6 Å². The first-order chi connectivity index (χ1) is 6.38. The Morgan fingerprint density at radius 2 is 1.62 bits per heavy atom. The molecule has 0 atom stereocenters. The summed E-state index contributed by atoms with van der Waals surface area (Å²) in [6, 6.07) is 0. The molecule has 0 aromatic carbocycles. The van der Waals surface area contributed by atoms with E-state index in [1.54, 1.807) is 12.4 Å². The van der Waals surface area contributed by atoms with Crippen molar-refractivity contribution >= 4 is 11.6 Å². The first kappa shape index (κ1) is 8.07. The fourth-order valence-electron chi connectivity index (χ4n) is 0.946. The van der Waals surface area contributed by atoms with Crippen LogP contribution in [0.1, 0.15) is 0 Å². The lowest BCUT2D eigenvalue weighted by atomic mass is 10.2. The highest BCUT2D eigenvalue weighted by Gasteiger charge is 2.03. The van der Waals surface area contributed by atoms with Crippen LogP contribution in [0, 0.1) is 0 Å². The molecule has 0 aliphatic rings. The normalized spacial score (nSPS) is 9.92. The van der Waals surface area contributed by atoms with E-state index >= 15 is 0 Å². The number of aromatic nitrogens is 4. The van der Waals surface area contributed by atoms with Crippen LogP contribution in [0.3, 0.4) is 0 Å². The van der Waals surface area contributed by atoms with E-state index in [1.165, 1.54) is 18.9 Å². The van der Waals surface area contributed by atoms with E-state index in [-0.39, 0.29) is 0 Å². The van der Waals surface area contributed by atoms with E-state index in [9.17, 15) is 0 Å². The Morgan fingerprint density at radius 1 is 0.923 bits per heavy atom. The van der Waals surface area contributed by atoms with Gasteiger partial charge in [-0.1, -0.05) is 11.6 Å². The van der Waals surface area contributed by atoms with Crippen LogP contribution in [-0.2, 0) is 0 Å². The Balaban J connectivity index is 2.54. The molecule has 13 heavy (non-hydrogen) atoms. The number of hydrogen-bond acceptors (Lipinski definition) is 4. The second-order valence-corrected chi connectivity index (χ2v) is 2.75. The van der Waals surface area contributed by atoms with Gasteiger partial charge in [0.2, 0.25) is 0 Å². The van der Waals surface area contributed by atoms with Crippen molar-refractivity contribution in [2.24, 2.45) is 0 Å². The van der Waals surface area contributed by atoms with Gasteiger partial charge in [-0.05, 0) is 0 Å². The minimum absolute atomic E-state index is 0.498. The predicted molar refractivity (Wildman–Crippen MR) is 48.1 cm³/mol. The van der Waals surface area contributed by atoms with Crippen LogP contribution in [0.5, 0.6) is 0 Å². The van der Waals surface area contributed by atoms with E-state index in [4.69, 9.17) is 11.6 Å². The molecule has 0 radical (unpaired) electrons. The number of halogens is 1. The van der Waals surface area contributed by atoms with Crippen LogP contribution in [0.2, 0.25) is 5.02 Å². The molecule has 0 aliphatic carbocycles. The molecule has 2 aromatic rings. The van der Waals surface area contributed by atoms with E-state index in [2.05, 4.69) is 19.9 Å². The van der Waals surface area contributed by atoms with E-state index in [0.29, 0.717) is 10.7 Å². The largest absolute Gasteiger partial charge is 0.244 e. The second kappa shape index (κ2) is 3.45. The van der Waals surface area contributed by atoms with Gasteiger partial charge in [-0.3, -0.25) is 0 Å². The maximum absolute atomic E-state index is 5.88. The van der Waals surface area contributed by atoms with Gasteiger partial charge in [-0.15, -0.1) is 0 Å². The molecule has 0 aliphatic heterocycles. The van der Waals surface area contributed by atoms with Gasteiger partial charge >= 0.3 is 0 Å². The van der Waals surface area contributed by atoms with Crippen LogP contribution in [0.4, 0.5) is 0 Å². The second-order valence-electron chi connectivity index (χ2n) is 2.35. The molecule has 0 saturated heterocycles. The van der Waals surface area contributed by atoms with Crippen molar-refractivity contribution in [1.82, 2.24) is 19.9 Å². The molecule has 0 amide bonds. The van der Waals surface area contributed by atoms with Gasteiger partial charge in [0.25, 0.3) is 0 Å². The van der Waals surface area contributed by atoms with Crippen molar-refractivity contribution in [3.63, 3.8) is 0 Å². The van der Waals surface area contributed by atoms with Crippen LogP contribution >= 0.6 is 11.6 Å². The SMILES string of the molecule is Clc1cncnc1-c1cncnc1. The molecule has 4 nitrogen and oxygen atoms in total. The van der Waals surface area contributed by atoms with Crippen molar-refractivity contribution < 1.29 is 0 Å². The molecular formula is C8H5ClN4. The third-order valence-electron chi connectivity index (χ3n) is 1.50. The summed E-state index contributed by atoms with van der Waals surface area (Å²) in [6.07, 6.45) is 7.74. The van der Waals surface area contributed by atoms with Crippen molar-refractivity contribution in [3.05, 3.63) is 36.3 Å². The fourth-order valence-corrected chi connectivity index (χ4v) is 1.16. The lowest BCUT2D eigenvalue weighted by Gasteiger charge is -1.99. The Hall–Kier alpha value is -1.55. The Morgan fingerprint density at radius 3 is 2.31 bits per heavy atom. The predicted octanol–water partition coefficient (Wildman–Crippen LogP) is 1.59. The van der Waals surface area contributed by atoms with Crippen LogP contribution in [-0.4, -0.2) is 19.9 Å². The lowest BCUT2D eigenvalue weighted by Crippen LogP contribution is -1.87. The Labute approximate surface area is 79.7 Å². The zero-order valence-corrected chi connectivity index (χ0v) is 7.31. The van der Waals surface area contributed by atoms with E-state index in [0.717, 1.165) is 5.56 Å². The summed E-state index contributed by atoms with van der Waals surface area (Å²) in [5.74, 6) is 0. The van der Waals surface area contributed by atoms with Gasteiger partial charge in [0.05, 0.1) is 10.7 Å². The highest BCUT2D eigenvalue weighted by molar-refractivity contribution is 6.32. The molecule has 64 valence electrons. The van der Waals surface area contributed by atoms with Gasteiger partial charge in [0.15, 0.2) is 0 Å². The minimum atomic E-state index is 0.498. The van der Waals surface area contributed by atoms with Gasteiger partial charge in [0.1, 0.15) is 12.7 Å². The standard InChI is InChI=1S/C8H5ClN4/c9-7-3-12-5-13-8(7)6-1-10-4-11-2-6/h1-5H. The van der Waals surface area contributed by atoms with Crippen molar-refractivity contribution in [2.75, 3.05) is 0 Å². The van der Waals surface area contributed by atoms with Crippen molar-refractivity contribution in [2.45, 2.75) is 0 Å². The summed E-state index contributed by atoms with van der Waals surface area (Å²) in [7, 11) is 0. The number of rotatable bonds is 1. The summed E-state index contributed by atoms with van der Waals surface area (Å²) >= 11 is 5.88. The molecule has 0 saturated carbocycles. The highest BCUT2D eigenvalue weighted by atomic mass is 35.5. The third kappa shape index (κ3) is 1.62. The van der Waals surface area contributed by atoms with Crippen LogP contribution < -0.4 is 0 Å². The molecule has 5 heteroatoms. The van der Waals surface area contributed by atoms with Crippen LogP contribution in [0.15, 0.2) is 31.2 Å². The zero-order chi connectivity index (χ0) is 9.10. The number of nitrogens with zero attached hydrogens (tertiary/aromatic N) is 4. The molecule has 2 heterocycles. The minimum Gasteiger partial charge on any atom is -0.244 e. The van der Waals surface area contributed by atoms with Crippen molar-refractivity contribution in [3.8, 4) is 11.3 Å². The van der Waals surface area contributed by atoms with E-state index < -0.39 is 0 Å².